The van der Waals surface area contributed by atoms with Crippen molar-refractivity contribution in [3.05, 3.63) is 40.2 Å². The number of aryl methyl sites for hydroxylation is 1. The summed E-state index contributed by atoms with van der Waals surface area (Å²) in [7, 11) is 0. The van der Waals surface area contributed by atoms with Crippen LogP contribution in [0.2, 0.25) is 0 Å². The van der Waals surface area contributed by atoms with Gasteiger partial charge in [-0.25, -0.2) is 14.9 Å². The summed E-state index contributed by atoms with van der Waals surface area (Å²) in [6.45, 7) is 5.88. The van der Waals surface area contributed by atoms with E-state index >= 15 is 0 Å². The van der Waals surface area contributed by atoms with Gasteiger partial charge in [0.25, 0.3) is 5.91 Å². The Bertz CT molecular complexity index is 737. The highest BCUT2D eigenvalue weighted by molar-refractivity contribution is 5.90. The molecule has 1 amide bonds. The lowest BCUT2D eigenvalue weighted by atomic mass is 10.2. The van der Waals surface area contributed by atoms with E-state index in [1.54, 1.807) is 4.90 Å². The number of aromatic nitrogens is 4. The largest absolute Gasteiger partial charge is 0.353 e. The minimum atomic E-state index is -0.474. The monoisotopic (exact) mass is 302 g/mol. The first kappa shape index (κ1) is 14.3. The lowest BCUT2D eigenvalue weighted by Gasteiger charge is -2.40. The first-order valence-corrected chi connectivity index (χ1v) is 7.19. The predicted molar refractivity (Wildman–Crippen MR) is 80.9 cm³/mol. The van der Waals surface area contributed by atoms with Crippen molar-refractivity contribution < 1.29 is 4.79 Å². The van der Waals surface area contributed by atoms with Crippen molar-refractivity contribution in [2.75, 3.05) is 24.5 Å². The van der Waals surface area contributed by atoms with Crippen LogP contribution < -0.4 is 10.6 Å². The Labute approximate surface area is 127 Å². The standard InChI is InChI=1S/C14H18N6O2/c1-9-4-3-5-11(15-9)19-6-7-20(10(2)8-19)13(21)12-16-14(22)18-17-12/h3-5,10H,6-8H2,1-2H3,(H2,16,17,18,22)/t10-/m0/s1. The molecule has 2 N–H and O–H groups in total. The highest BCUT2D eigenvalue weighted by atomic mass is 16.2. The van der Waals surface area contributed by atoms with Gasteiger partial charge in [-0.2, -0.15) is 0 Å². The maximum absolute atomic E-state index is 12.4. The number of pyridine rings is 1. The first-order valence-electron chi connectivity index (χ1n) is 7.19. The molecule has 0 spiro atoms. The molecule has 2 aromatic rings. The molecule has 0 unspecified atom stereocenters. The van der Waals surface area contributed by atoms with Gasteiger partial charge in [-0.15, -0.1) is 5.10 Å². The number of anilines is 1. The Morgan fingerprint density at radius 2 is 2.18 bits per heavy atom. The fraction of sp³-hybridized carbons (Fsp3) is 0.429. The van der Waals surface area contributed by atoms with Crippen LogP contribution in [-0.4, -0.2) is 56.6 Å². The van der Waals surface area contributed by atoms with Crippen LogP contribution in [-0.2, 0) is 0 Å². The van der Waals surface area contributed by atoms with Crippen molar-refractivity contribution in [3.8, 4) is 0 Å². The molecule has 8 heteroatoms. The van der Waals surface area contributed by atoms with E-state index in [9.17, 15) is 9.59 Å². The number of hydrogen-bond donors (Lipinski definition) is 2. The van der Waals surface area contributed by atoms with Gasteiger partial charge >= 0.3 is 5.69 Å². The summed E-state index contributed by atoms with van der Waals surface area (Å²) >= 11 is 0. The topological polar surface area (TPSA) is 98.0 Å². The van der Waals surface area contributed by atoms with E-state index < -0.39 is 5.69 Å². The number of H-pyrrole nitrogens is 2. The molecular formula is C14H18N6O2. The number of hydrogen-bond acceptors (Lipinski definition) is 5. The molecule has 0 bridgehead atoms. The number of amides is 1. The number of nitrogens with one attached hydrogen (secondary N) is 2. The predicted octanol–water partition coefficient (Wildman–Crippen LogP) is 0.152. The average Bonchev–Trinajstić information content (AvgIpc) is 2.93. The average molecular weight is 302 g/mol. The van der Waals surface area contributed by atoms with Crippen LogP contribution in [0.5, 0.6) is 0 Å². The molecule has 116 valence electrons. The third-order valence-electron chi connectivity index (χ3n) is 3.79. The summed E-state index contributed by atoms with van der Waals surface area (Å²) in [5, 5.41) is 5.92. The minimum absolute atomic E-state index is 0.00349. The Morgan fingerprint density at radius 1 is 1.36 bits per heavy atom. The third kappa shape index (κ3) is 2.72. The molecule has 1 fully saturated rings. The van der Waals surface area contributed by atoms with Crippen LogP contribution >= 0.6 is 0 Å². The molecule has 0 aromatic carbocycles. The van der Waals surface area contributed by atoms with Crippen LogP contribution in [0, 0.1) is 6.92 Å². The second kappa shape index (κ2) is 5.63. The maximum atomic E-state index is 12.4. The van der Waals surface area contributed by atoms with Gasteiger partial charge in [0.2, 0.25) is 5.82 Å². The van der Waals surface area contributed by atoms with Gasteiger partial charge < -0.3 is 9.80 Å². The van der Waals surface area contributed by atoms with Gasteiger partial charge in [0.05, 0.1) is 0 Å². The van der Waals surface area contributed by atoms with Crippen molar-refractivity contribution in [1.29, 1.82) is 0 Å². The molecule has 0 aliphatic carbocycles. The minimum Gasteiger partial charge on any atom is -0.353 e. The highest BCUT2D eigenvalue weighted by Gasteiger charge is 2.30. The number of carbonyl (C=O) groups is 1. The molecule has 1 aliphatic rings. The third-order valence-corrected chi connectivity index (χ3v) is 3.79. The number of piperazine rings is 1. The molecule has 2 aromatic heterocycles. The van der Waals surface area contributed by atoms with Gasteiger partial charge in [-0.1, -0.05) is 6.07 Å². The molecule has 8 nitrogen and oxygen atoms in total. The van der Waals surface area contributed by atoms with Crippen molar-refractivity contribution in [2.45, 2.75) is 19.9 Å². The van der Waals surface area contributed by atoms with Crippen molar-refractivity contribution >= 4 is 11.7 Å². The van der Waals surface area contributed by atoms with E-state index in [4.69, 9.17) is 0 Å². The Balaban J connectivity index is 1.72. The molecule has 0 radical (unpaired) electrons. The van der Waals surface area contributed by atoms with Gasteiger partial charge in [-0.3, -0.25) is 9.78 Å². The van der Waals surface area contributed by atoms with Gasteiger partial charge in [0, 0.05) is 31.4 Å². The van der Waals surface area contributed by atoms with Gasteiger partial charge in [0.15, 0.2) is 0 Å². The molecule has 1 atom stereocenters. The molecule has 0 saturated carbocycles. The molecule has 22 heavy (non-hydrogen) atoms. The fourth-order valence-corrected chi connectivity index (χ4v) is 2.68. The summed E-state index contributed by atoms with van der Waals surface area (Å²) < 4.78 is 0. The lowest BCUT2D eigenvalue weighted by Crippen LogP contribution is -2.54. The zero-order valence-corrected chi connectivity index (χ0v) is 12.5. The second-order valence-corrected chi connectivity index (χ2v) is 5.46. The van der Waals surface area contributed by atoms with Gasteiger partial charge in [0.1, 0.15) is 5.82 Å². The Hall–Kier alpha value is -2.64. The van der Waals surface area contributed by atoms with E-state index in [-0.39, 0.29) is 17.8 Å². The van der Waals surface area contributed by atoms with Gasteiger partial charge in [-0.05, 0) is 26.0 Å². The number of carbonyl (C=O) groups excluding carboxylic acids is 1. The SMILES string of the molecule is Cc1cccc(N2CCN(C(=O)c3n[nH]c(=O)[nH]3)[C@@H](C)C2)n1. The van der Waals surface area contributed by atoms with Crippen LogP contribution in [0.1, 0.15) is 23.2 Å². The van der Waals surface area contributed by atoms with Crippen LogP contribution in [0.15, 0.2) is 23.0 Å². The first-order chi connectivity index (χ1) is 10.5. The number of rotatable bonds is 2. The van der Waals surface area contributed by atoms with Crippen molar-refractivity contribution in [1.82, 2.24) is 25.1 Å². The number of nitrogens with zero attached hydrogens (tertiary/aromatic N) is 4. The zero-order chi connectivity index (χ0) is 15.7. The van der Waals surface area contributed by atoms with E-state index in [0.717, 1.165) is 11.5 Å². The van der Waals surface area contributed by atoms with E-state index in [1.807, 2.05) is 32.0 Å². The highest BCUT2D eigenvalue weighted by Crippen LogP contribution is 2.18. The Morgan fingerprint density at radius 3 is 2.82 bits per heavy atom. The summed E-state index contributed by atoms with van der Waals surface area (Å²) in [4.78, 5) is 34.2. The van der Waals surface area contributed by atoms with Crippen molar-refractivity contribution in [3.63, 3.8) is 0 Å². The number of aromatic amines is 2. The molecule has 3 rings (SSSR count). The molecule has 1 aliphatic heterocycles. The summed E-state index contributed by atoms with van der Waals surface area (Å²) in [5.74, 6) is 0.716. The summed E-state index contributed by atoms with van der Waals surface area (Å²) in [6, 6.07) is 5.92. The second-order valence-electron chi connectivity index (χ2n) is 5.46. The molecule has 1 saturated heterocycles. The maximum Gasteiger partial charge on any atom is 0.341 e. The summed E-state index contributed by atoms with van der Waals surface area (Å²) in [6.07, 6.45) is 0. The fourth-order valence-electron chi connectivity index (χ4n) is 2.68. The lowest BCUT2D eigenvalue weighted by molar-refractivity contribution is 0.0661. The normalized spacial score (nSPS) is 18.5. The summed E-state index contributed by atoms with van der Waals surface area (Å²) in [5.41, 5.74) is 0.497. The van der Waals surface area contributed by atoms with Crippen LogP contribution in [0.25, 0.3) is 0 Å². The molecule has 3 heterocycles. The zero-order valence-electron chi connectivity index (χ0n) is 12.5. The van der Waals surface area contributed by atoms with Crippen LogP contribution in [0.4, 0.5) is 5.82 Å². The Kier molecular flexibility index (Phi) is 3.66. The van der Waals surface area contributed by atoms with E-state index in [2.05, 4.69) is 25.1 Å². The van der Waals surface area contributed by atoms with E-state index in [0.29, 0.717) is 19.6 Å². The van der Waals surface area contributed by atoms with Crippen molar-refractivity contribution in [2.24, 2.45) is 0 Å². The van der Waals surface area contributed by atoms with Crippen LogP contribution in [0.3, 0.4) is 0 Å². The molecular weight excluding hydrogens is 284 g/mol. The smallest absolute Gasteiger partial charge is 0.341 e. The van der Waals surface area contributed by atoms with E-state index in [1.165, 1.54) is 0 Å². The quantitative estimate of drug-likeness (QED) is 0.823.